The Kier molecular flexibility index (Phi) is 2.83. The Balaban J connectivity index is 1.82. The zero-order valence-corrected chi connectivity index (χ0v) is 10.2. The van der Waals surface area contributed by atoms with E-state index >= 15 is 0 Å². The van der Waals surface area contributed by atoms with E-state index in [9.17, 15) is 10.2 Å². The molecule has 0 bridgehead atoms. The lowest BCUT2D eigenvalue weighted by Gasteiger charge is -2.31. The molecule has 0 amide bonds. The van der Waals surface area contributed by atoms with E-state index in [1.807, 2.05) is 11.0 Å². The van der Waals surface area contributed by atoms with Crippen molar-refractivity contribution in [3.05, 3.63) is 11.8 Å². The molecular formula is C12H18N4O2. The van der Waals surface area contributed by atoms with Crippen LogP contribution in [0.2, 0.25) is 0 Å². The lowest BCUT2D eigenvalue weighted by atomic mass is 9.80. The van der Waals surface area contributed by atoms with Crippen molar-refractivity contribution in [2.24, 2.45) is 0 Å². The fourth-order valence-corrected chi connectivity index (χ4v) is 2.62. The molecule has 2 aliphatic rings. The molecule has 4 N–H and O–H groups in total. The Hall–Kier alpha value is -1.40. The number of nitrogen functional groups attached to an aromatic ring is 1. The number of hydrogen-bond acceptors (Lipinski definition) is 6. The first-order valence-corrected chi connectivity index (χ1v) is 6.37. The van der Waals surface area contributed by atoms with Gasteiger partial charge >= 0.3 is 0 Å². The molecule has 1 aliphatic heterocycles. The fourth-order valence-electron chi connectivity index (χ4n) is 2.62. The summed E-state index contributed by atoms with van der Waals surface area (Å²) in [6.07, 6.45) is 1.77. The number of anilines is 2. The van der Waals surface area contributed by atoms with Crippen molar-refractivity contribution in [3.8, 4) is 0 Å². The monoisotopic (exact) mass is 250 g/mol. The third-order valence-corrected chi connectivity index (χ3v) is 3.77. The summed E-state index contributed by atoms with van der Waals surface area (Å²) < 4.78 is 0. The Morgan fingerprint density at radius 2 is 2.00 bits per heavy atom. The second-order valence-corrected chi connectivity index (χ2v) is 5.22. The second-order valence-electron chi connectivity index (χ2n) is 5.22. The first-order chi connectivity index (χ1) is 8.61. The number of aromatic nitrogens is 2. The molecule has 0 radical (unpaired) electrons. The molecule has 98 valence electrons. The van der Waals surface area contributed by atoms with Crippen LogP contribution < -0.4 is 10.6 Å². The minimum absolute atomic E-state index is 0.205. The zero-order valence-electron chi connectivity index (χ0n) is 10.2. The van der Waals surface area contributed by atoms with E-state index in [0.29, 0.717) is 6.54 Å². The van der Waals surface area contributed by atoms with E-state index in [4.69, 9.17) is 5.73 Å². The average Bonchev–Trinajstić information content (AvgIpc) is 2.71. The van der Waals surface area contributed by atoms with Gasteiger partial charge in [0.2, 0.25) is 5.95 Å². The molecule has 1 aromatic heterocycles. The van der Waals surface area contributed by atoms with Gasteiger partial charge in [-0.05, 0) is 19.3 Å². The van der Waals surface area contributed by atoms with Crippen molar-refractivity contribution >= 4 is 11.8 Å². The predicted molar refractivity (Wildman–Crippen MR) is 67.3 cm³/mol. The summed E-state index contributed by atoms with van der Waals surface area (Å²) in [7, 11) is 0. The third-order valence-electron chi connectivity index (χ3n) is 3.77. The molecule has 0 aromatic carbocycles. The first-order valence-electron chi connectivity index (χ1n) is 6.37. The summed E-state index contributed by atoms with van der Waals surface area (Å²) in [5.41, 5.74) is 6.65. The van der Waals surface area contributed by atoms with Crippen LogP contribution in [0.3, 0.4) is 0 Å². The smallest absolute Gasteiger partial charge is 0.222 e. The van der Waals surface area contributed by atoms with Crippen LogP contribution >= 0.6 is 0 Å². The molecule has 1 saturated heterocycles. The highest BCUT2D eigenvalue weighted by molar-refractivity contribution is 5.45. The zero-order chi connectivity index (χ0) is 12.7. The molecule has 6 nitrogen and oxygen atoms in total. The second kappa shape index (κ2) is 4.37. The molecule has 1 atom stereocenters. The quantitative estimate of drug-likeness (QED) is 0.676. The maximum absolute atomic E-state index is 9.55. The Morgan fingerprint density at radius 3 is 2.61 bits per heavy atom. The number of nitrogens with zero attached hydrogens (tertiary/aromatic N) is 3. The van der Waals surface area contributed by atoms with Gasteiger partial charge in [0.15, 0.2) is 0 Å². The molecule has 1 saturated carbocycles. The summed E-state index contributed by atoms with van der Waals surface area (Å²) in [4.78, 5) is 10.5. The van der Waals surface area contributed by atoms with Crippen molar-refractivity contribution in [2.45, 2.75) is 37.4 Å². The van der Waals surface area contributed by atoms with Crippen LogP contribution in [0.15, 0.2) is 6.07 Å². The maximum atomic E-state index is 9.55. The van der Waals surface area contributed by atoms with Crippen molar-refractivity contribution in [1.82, 2.24) is 9.97 Å². The summed E-state index contributed by atoms with van der Waals surface area (Å²) >= 11 is 0. The fraction of sp³-hybridized carbons (Fsp3) is 0.667. The van der Waals surface area contributed by atoms with E-state index in [1.54, 1.807) is 0 Å². The van der Waals surface area contributed by atoms with Gasteiger partial charge in [-0.3, -0.25) is 0 Å². The Bertz CT molecular complexity index is 448. The lowest BCUT2D eigenvalue weighted by Crippen LogP contribution is -2.28. The Labute approximate surface area is 105 Å². The topological polar surface area (TPSA) is 95.5 Å². The number of aliphatic hydroxyl groups is 2. The van der Waals surface area contributed by atoms with Gasteiger partial charge in [0.1, 0.15) is 5.82 Å². The van der Waals surface area contributed by atoms with Gasteiger partial charge in [-0.1, -0.05) is 0 Å². The third kappa shape index (κ3) is 2.13. The molecule has 1 aromatic rings. The summed E-state index contributed by atoms with van der Waals surface area (Å²) in [6, 6.07) is 1.94. The number of hydrogen-bond donors (Lipinski definition) is 3. The first kappa shape index (κ1) is 11.7. The lowest BCUT2D eigenvalue weighted by molar-refractivity contribution is 0.0732. The van der Waals surface area contributed by atoms with E-state index < -0.39 is 0 Å². The highest BCUT2D eigenvalue weighted by atomic mass is 16.3. The van der Waals surface area contributed by atoms with Gasteiger partial charge < -0.3 is 20.8 Å². The van der Waals surface area contributed by atoms with Crippen molar-refractivity contribution < 1.29 is 10.2 Å². The number of aliphatic hydroxyl groups excluding tert-OH is 2. The molecular weight excluding hydrogens is 232 g/mol. The summed E-state index contributed by atoms with van der Waals surface area (Å²) in [6.45, 7) is 1.40. The molecule has 6 heteroatoms. The van der Waals surface area contributed by atoms with Crippen LogP contribution in [0, 0.1) is 0 Å². The minimum atomic E-state index is -0.282. The van der Waals surface area contributed by atoms with Gasteiger partial charge in [0.25, 0.3) is 0 Å². The number of nitrogens with two attached hydrogens (primary N) is 1. The van der Waals surface area contributed by atoms with E-state index in [0.717, 1.165) is 37.3 Å². The van der Waals surface area contributed by atoms with Crippen molar-refractivity contribution in [3.63, 3.8) is 0 Å². The Morgan fingerprint density at radius 1 is 1.22 bits per heavy atom. The molecule has 0 spiro atoms. The molecule has 0 unspecified atom stereocenters. The highest BCUT2D eigenvalue weighted by Gasteiger charge is 2.31. The van der Waals surface area contributed by atoms with Crippen LogP contribution in [0.4, 0.5) is 11.8 Å². The standard InChI is InChI=1S/C12H18N4O2/c13-12-14-10(7-3-9(18)4-7)5-11(15-12)16-2-1-8(17)6-16/h5,7-9,17-18H,1-4,6H2,(H2,13,14,15)/t7?,8-,9?/m1/s1. The number of β-amino-alcohol motifs (C(OH)–C–C–N with tert-alkyl or cyclic N) is 1. The maximum Gasteiger partial charge on any atom is 0.222 e. The largest absolute Gasteiger partial charge is 0.393 e. The van der Waals surface area contributed by atoms with Crippen molar-refractivity contribution in [2.75, 3.05) is 23.7 Å². The van der Waals surface area contributed by atoms with Gasteiger partial charge in [-0.25, -0.2) is 4.98 Å². The van der Waals surface area contributed by atoms with E-state index in [-0.39, 0.29) is 24.1 Å². The predicted octanol–water partition coefficient (Wildman–Crippen LogP) is -0.132. The average molecular weight is 250 g/mol. The molecule has 1 aliphatic carbocycles. The van der Waals surface area contributed by atoms with E-state index in [2.05, 4.69) is 9.97 Å². The molecule has 3 rings (SSSR count). The molecule has 18 heavy (non-hydrogen) atoms. The normalized spacial score (nSPS) is 31.4. The molecule has 2 heterocycles. The van der Waals surface area contributed by atoms with Crippen LogP contribution in [-0.4, -0.2) is 45.5 Å². The van der Waals surface area contributed by atoms with E-state index in [1.165, 1.54) is 0 Å². The SMILES string of the molecule is Nc1nc(C2CC(O)C2)cc(N2CC[C@@H](O)C2)n1. The minimum Gasteiger partial charge on any atom is -0.393 e. The molecule has 2 fully saturated rings. The van der Waals surface area contributed by atoms with Gasteiger partial charge in [-0.2, -0.15) is 4.98 Å². The van der Waals surface area contributed by atoms with Crippen LogP contribution in [0.5, 0.6) is 0 Å². The van der Waals surface area contributed by atoms with Crippen LogP contribution in [-0.2, 0) is 0 Å². The van der Waals surface area contributed by atoms with Gasteiger partial charge in [-0.15, -0.1) is 0 Å². The van der Waals surface area contributed by atoms with Gasteiger partial charge in [0.05, 0.1) is 17.9 Å². The summed E-state index contributed by atoms with van der Waals surface area (Å²) in [5.74, 6) is 1.34. The highest BCUT2D eigenvalue weighted by Crippen LogP contribution is 2.37. The van der Waals surface area contributed by atoms with Crippen LogP contribution in [0.1, 0.15) is 30.9 Å². The summed E-state index contributed by atoms with van der Waals surface area (Å²) in [5, 5.41) is 18.9. The van der Waals surface area contributed by atoms with Gasteiger partial charge in [0, 0.05) is 25.1 Å². The number of rotatable bonds is 2. The van der Waals surface area contributed by atoms with Crippen molar-refractivity contribution in [1.29, 1.82) is 0 Å². The van der Waals surface area contributed by atoms with Crippen LogP contribution in [0.25, 0.3) is 0 Å².